The van der Waals surface area contributed by atoms with Gasteiger partial charge >= 0.3 is 0 Å². The zero-order valence-electron chi connectivity index (χ0n) is 10.1. The normalized spacial score (nSPS) is 10.4. The minimum absolute atomic E-state index is 0.251. The summed E-state index contributed by atoms with van der Waals surface area (Å²) in [6.45, 7) is 2.53. The van der Waals surface area contributed by atoms with E-state index in [1.807, 2.05) is 18.2 Å². The summed E-state index contributed by atoms with van der Waals surface area (Å²) in [7, 11) is 0. The summed E-state index contributed by atoms with van der Waals surface area (Å²) in [6, 6.07) is 12.6. The van der Waals surface area contributed by atoms with Crippen molar-refractivity contribution < 1.29 is 9.13 Å². The Hall–Kier alpha value is -1.35. The second-order valence-electron chi connectivity index (χ2n) is 4.03. The summed E-state index contributed by atoms with van der Waals surface area (Å²) >= 11 is 3.33. The standard InChI is InChI=1S/C15H14BrFO/c1-2-11-4-3-5-14(8-11)18-10-12-6-7-13(17)9-15(12)16/h3-9H,2,10H2,1H3. The van der Waals surface area contributed by atoms with Gasteiger partial charge in [0.2, 0.25) is 0 Å². The molecule has 0 bridgehead atoms. The molecule has 0 aliphatic carbocycles. The Morgan fingerprint density at radius 2 is 2.00 bits per heavy atom. The monoisotopic (exact) mass is 308 g/mol. The van der Waals surface area contributed by atoms with Crippen LogP contribution < -0.4 is 4.74 Å². The first kappa shape index (κ1) is 13.1. The molecule has 2 aromatic rings. The fourth-order valence-electron chi connectivity index (χ4n) is 1.66. The number of aryl methyl sites for hydroxylation is 1. The molecule has 0 heterocycles. The first-order chi connectivity index (χ1) is 8.69. The van der Waals surface area contributed by atoms with Crippen molar-refractivity contribution in [3.63, 3.8) is 0 Å². The van der Waals surface area contributed by atoms with Crippen LogP contribution in [0.4, 0.5) is 4.39 Å². The van der Waals surface area contributed by atoms with E-state index in [0.717, 1.165) is 22.2 Å². The minimum Gasteiger partial charge on any atom is -0.489 e. The quantitative estimate of drug-likeness (QED) is 0.793. The van der Waals surface area contributed by atoms with E-state index in [1.54, 1.807) is 6.07 Å². The molecule has 0 aliphatic heterocycles. The topological polar surface area (TPSA) is 9.23 Å². The predicted octanol–water partition coefficient (Wildman–Crippen LogP) is 4.73. The van der Waals surface area contributed by atoms with E-state index in [0.29, 0.717) is 6.61 Å². The molecular formula is C15H14BrFO. The van der Waals surface area contributed by atoms with Gasteiger partial charge in [-0.15, -0.1) is 0 Å². The lowest BCUT2D eigenvalue weighted by atomic mass is 10.2. The van der Waals surface area contributed by atoms with Crippen LogP contribution in [0, 0.1) is 5.82 Å². The molecule has 0 saturated carbocycles. The molecule has 1 nitrogen and oxygen atoms in total. The highest BCUT2D eigenvalue weighted by Gasteiger charge is 2.03. The van der Waals surface area contributed by atoms with Gasteiger partial charge in [0.15, 0.2) is 0 Å². The van der Waals surface area contributed by atoms with Crippen molar-refractivity contribution >= 4 is 15.9 Å². The lowest BCUT2D eigenvalue weighted by molar-refractivity contribution is 0.305. The highest BCUT2D eigenvalue weighted by molar-refractivity contribution is 9.10. The maximum atomic E-state index is 12.9. The number of hydrogen-bond donors (Lipinski definition) is 0. The summed E-state index contributed by atoms with van der Waals surface area (Å²) < 4.78 is 19.4. The average Bonchev–Trinajstić information content (AvgIpc) is 2.38. The highest BCUT2D eigenvalue weighted by atomic mass is 79.9. The van der Waals surface area contributed by atoms with E-state index >= 15 is 0 Å². The maximum absolute atomic E-state index is 12.9. The van der Waals surface area contributed by atoms with Gasteiger partial charge in [0.25, 0.3) is 0 Å². The number of ether oxygens (including phenoxy) is 1. The van der Waals surface area contributed by atoms with Crippen LogP contribution in [0.5, 0.6) is 5.75 Å². The summed E-state index contributed by atoms with van der Waals surface area (Å²) in [4.78, 5) is 0. The number of rotatable bonds is 4. The second kappa shape index (κ2) is 6.01. The van der Waals surface area contributed by atoms with Crippen molar-refractivity contribution in [2.45, 2.75) is 20.0 Å². The van der Waals surface area contributed by atoms with E-state index in [1.165, 1.54) is 17.7 Å². The minimum atomic E-state index is -0.251. The molecule has 0 aromatic heterocycles. The molecule has 2 rings (SSSR count). The van der Waals surface area contributed by atoms with Gasteiger partial charge in [0, 0.05) is 10.0 Å². The molecule has 3 heteroatoms. The Labute approximate surface area is 115 Å². The predicted molar refractivity (Wildman–Crippen MR) is 74.3 cm³/mol. The Bertz CT molecular complexity index is 540. The lowest BCUT2D eigenvalue weighted by Crippen LogP contribution is -1.97. The van der Waals surface area contributed by atoms with Crippen LogP contribution in [-0.2, 0) is 13.0 Å². The van der Waals surface area contributed by atoms with E-state index < -0.39 is 0 Å². The summed E-state index contributed by atoms with van der Waals surface area (Å²) in [5.74, 6) is 0.587. The number of halogens is 2. The van der Waals surface area contributed by atoms with E-state index in [4.69, 9.17) is 4.74 Å². The van der Waals surface area contributed by atoms with Gasteiger partial charge in [0.05, 0.1) is 0 Å². The van der Waals surface area contributed by atoms with Crippen LogP contribution >= 0.6 is 15.9 Å². The molecule has 0 radical (unpaired) electrons. The molecule has 0 N–H and O–H groups in total. The molecule has 0 spiro atoms. The third kappa shape index (κ3) is 3.33. The number of hydrogen-bond acceptors (Lipinski definition) is 1. The van der Waals surface area contributed by atoms with Gasteiger partial charge in [-0.2, -0.15) is 0 Å². The van der Waals surface area contributed by atoms with Crippen LogP contribution in [-0.4, -0.2) is 0 Å². The third-order valence-electron chi connectivity index (χ3n) is 2.72. The summed E-state index contributed by atoms with van der Waals surface area (Å²) in [6.07, 6.45) is 0.984. The molecule has 0 saturated heterocycles. The zero-order chi connectivity index (χ0) is 13.0. The van der Waals surface area contributed by atoms with Gasteiger partial charge in [-0.3, -0.25) is 0 Å². The Morgan fingerprint density at radius 1 is 1.17 bits per heavy atom. The smallest absolute Gasteiger partial charge is 0.124 e. The lowest BCUT2D eigenvalue weighted by Gasteiger charge is -2.09. The zero-order valence-corrected chi connectivity index (χ0v) is 11.7. The third-order valence-corrected chi connectivity index (χ3v) is 3.45. The molecule has 0 unspecified atom stereocenters. The Kier molecular flexibility index (Phi) is 4.37. The van der Waals surface area contributed by atoms with Crippen molar-refractivity contribution in [3.05, 3.63) is 63.9 Å². The van der Waals surface area contributed by atoms with E-state index in [9.17, 15) is 4.39 Å². The van der Waals surface area contributed by atoms with Gasteiger partial charge in [-0.25, -0.2) is 4.39 Å². The van der Waals surface area contributed by atoms with Crippen molar-refractivity contribution in [2.75, 3.05) is 0 Å². The van der Waals surface area contributed by atoms with Crippen LogP contribution in [0.25, 0.3) is 0 Å². The van der Waals surface area contributed by atoms with Crippen molar-refractivity contribution in [1.82, 2.24) is 0 Å². The molecule has 0 atom stereocenters. The molecule has 0 aliphatic rings. The van der Waals surface area contributed by atoms with E-state index in [2.05, 4.69) is 28.9 Å². The van der Waals surface area contributed by atoms with Crippen LogP contribution in [0.2, 0.25) is 0 Å². The Balaban J connectivity index is 2.06. The summed E-state index contributed by atoms with van der Waals surface area (Å²) in [5, 5.41) is 0. The second-order valence-corrected chi connectivity index (χ2v) is 4.88. The molecular weight excluding hydrogens is 295 g/mol. The van der Waals surface area contributed by atoms with Crippen molar-refractivity contribution in [1.29, 1.82) is 0 Å². The molecule has 94 valence electrons. The van der Waals surface area contributed by atoms with Crippen LogP contribution in [0.3, 0.4) is 0 Å². The molecule has 2 aromatic carbocycles. The SMILES string of the molecule is CCc1cccc(OCc2ccc(F)cc2Br)c1. The first-order valence-electron chi connectivity index (χ1n) is 5.84. The van der Waals surface area contributed by atoms with Crippen LogP contribution in [0.15, 0.2) is 46.9 Å². The molecule has 0 fully saturated rings. The maximum Gasteiger partial charge on any atom is 0.124 e. The van der Waals surface area contributed by atoms with Gasteiger partial charge in [0.1, 0.15) is 18.2 Å². The van der Waals surface area contributed by atoms with E-state index in [-0.39, 0.29) is 5.82 Å². The molecule has 0 amide bonds. The Morgan fingerprint density at radius 3 is 2.72 bits per heavy atom. The number of benzene rings is 2. The van der Waals surface area contributed by atoms with Crippen LogP contribution in [0.1, 0.15) is 18.1 Å². The molecule has 18 heavy (non-hydrogen) atoms. The fraction of sp³-hybridized carbons (Fsp3) is 0.200. The summed E-state index contributed by atoms with van der Waals surface area (Å²) in [5.41, 5.74) is 2.17. The fourth-order valence-corrected chi connectivity index (χ4v) is 2.12. The van der Waals surface area contributed by atoms with Gasteiger partial charge in [-0.1, -0.05) is 41.1 Å². The average molecular weight is 309 g/mol. The van der Waals surface area contributed by atoms with Crippen molar-refractivity contribution in [2.24, 2.45) is 0 Å². The first-order valence-corrected chi connectivity index (χ1v) is 6.64. The van der Waals surface area contributed by atoms with Gasteiger partial charge in [-0.05, 0) is 36.2 Å². The highest BCUT2D eigenvalue weighted by Crippen LogP contribution is 2.21. The largest absolute Gasteiger partial charge is 0.489 e. The van der Waals surface area contributed by atoms with Gasteiger partial charge < -0.3 is 4.74 Å². The van der Waals surface area contributed by atoms with Crippen molar-refractivity contribution in [3.8, 4) is 5.75 Å².